The van der Waals surface area contributed by atoms with Crippen molar-refractivity contribution in [3.63, 3.8) is 0 Å². The highest BCUT2D eigenvalue weighted by Crippen LogP contribution is 2.28. The number of amides is 1. The fourth-order valence-electron chi connectivity index (χ4n) is 2.57. The molecule has 0 heterocycles. The van der Waals surface area contributed by atoms with Gasteiger partial charge in [-0.25, -0.2) is 0 Å². The highest BCUT2D eigenvalue weighted by Gasteiger charge is 2.21. The van der Waals surface area contributed by atoms with Crippen LogP contribution in [-0.2, 0) is 11.3 Å². The fraction of sp³-hybridized carbons (Fsp3) is 0.350. The molecule has 0 aromatic heterocycles. The summed E-state index contributed by atoms with van der Waals surface area (Å²) in [5, 5.41) is 2.94. The predicted octanol–water partition coefficient (Wildman–Crippen LogP) is 3.47. The number of ether oxygens (including phenoxy) is 2. The van der Waals surface area contributed by atoms with Crippen LogP contribution in [-0.4, -0.2) is 19.6 Å². The Kier molecular flexibility index (Phi) is 8.96. The maximum absolute atomic E-state index is 12.4. The van der Waals surface area contributed by atoms with Crippen LogP contribution in [0.25, 0.3) is 0 Å². The van der Waals surface area contributed by atoms with Gasteiger partial charge in [0.05, 0.1) is 19.6 Å². The van der Waals surface area contributed by atoms with Gasteiger partial charge in [-0.1, -0.05) is 43.3 Å². The van der Waals surface area contributed by atoms with Crippen molar-refractivity contribution in [1.82, 2.24) is 5.32 Å². The van der Waals surface area contributed by atoms with Crippen LogP contribution in [0.5, 0.6) is 11.5 Å². The van der Waals surface area contributed by atoms with E-state index in [2.05, 4.69) is 5.32 Å². The molecule has 2 aromatic carbocycles. The van der Waals surface area contributed by atoms with E-state index in [0.717, 1.165) is 11.1 Å². The quantitative estimate of drug-likeness (QED) is 0.737. The summed E-state index contributed by atoms with van der Waals surface area (Å²) in [6, 6.07) is 14.9. The SMILES string of the molecule is CCOc1ccc(CNC(=O)C(C)C(N)c2ccccc2)cc1OC.Cl. The Bertz CT molecular complexity index is 695. The molecular formula is C20H27ClN2O3. The predicted molar refractivity (Wildman–Crippen MR) is 106 cm³/mol. The maximum atomic E-state index is 12.4. The molecule has 0 aliphatic carbocycles. The van der Waals surface area contributed by atoms with Crippen molar-refractivity contribution in [1.29, 1.82) is 0 Å². The minimum Gasteiger partial charge on any atom is -0.493 e. The Labute approximate surface area is 161 Å². The summed E-state index contributed by atoms with van der Waals surface area (Å²) in [5.74, 6) is 0.943. The summed E-state index contributed by atoms with van der Waals surface area (Å²) in [6.07, 6.45) is 0. The molecule has 2 rings (SSSR count). The van der Waals surface area contributed by atoms with Crippen LogP contribution in [0.1, 0.15) is 31.0 Å². The van der Waals surface area contributed by atoms with Gasteiger partial charge < -0.3 is 20.5 Å². The number of carbonyl (C=O) groups is 1. The monoisotopic (exact) mass is 378 g/mol. The molecule has 0 bridgehead atoms. The Hall–Kier alpha value is -2.24. The van der Waals surface area contributed by atoms with Gasteiger partial charge >= 0.3 is 0 Å². The lowest BCUT2D eigenvalue weighted by Gasteiger charge is -2.20. The number of hydrogen-bond donors (Lipinski definition) is 2. The summed E-state index contributed by atoms with van der Waals surface area (Å²) in [5.41, 5.74) is 8.10. The van der Waals surface area contributed by atoms with E-state index >= 15 is 0 Å². The van der Waals surface area contributed by atoms with Gasteiger partial charge in [-0.15, -0.1) is 12.4 Å². The van der Waals surface area contributed by atoms with Crippen molar-refractivity contribution >= 4 is 18.3 Å². The topological polar surface area (TPSA) is 73.6 Å². The molecule has 0 saturated carbocycles. The minimum atomic E-state index is -0.337. The summed E-state index contributed by atoms with van der Waals surface area (Å²) in [7, 11) is 1.60. The number of hydrogen-bond acceptors (Lipinski definition) is 4. The van der Waals surface area contributed by atoms with Crippen molar-refractivity contribution in [2.24, 2.45) is 11.7 Å². The van der Waals surface area contributed by atoms with Crippen LogP contribution in [0.15, 0.2) is 48.5 Å². The number of carbonyl (C=O) groups excluding carboxylic acids is 1. The van der Waals surface area contributed by atoms with E-state index in [4.69, 9.17) is 15.2 Å². The van der Waals surface area contributed by atoms with E-state index in [1.165, 1.54) is 0 Å². The van der Waals surface area contributed by atoms with E-state index < -0.39 is 0 Å². The van der Waals surface area contributed by atoms with Crippen LogP contribution < -0.4 is 20.5 Å². The lowest BCUT2D eigenvalue weighted by atomic mass is 9.94. The third-order valence-corrected chi connectivity index (χ3v) is 4.13. The molecule has 142 valence electrons. The average molecular weight is 379 g/mol. The molecule has 2 unspecified atom stereocenters. The minimum absolute atomic E-state index is 0. The van der Waals surface area contributed by atoms with Crippen LogP contribution in [0, 0.1) is 5.92 Å². The maximum Gasteiger partial charge on any atom is 0.225 e. The zero-order valence-electron chi connectivity index (χ0n) is 15.4. The zero-order valence-corrected chi connectivity index (χ0v) is 16.2. The molecule has 0 radical (unpaired) electrons. The molecule has 1 amide bonds. The largest absolute Gasteiger partial charge is 0.493 e. The smallest absolute Gasteiger partial charge is 0.225 e. The van der Waals surface area contributed by atoms with Crippen molar-refractivity contribution in [3.05, 3.63) is 59.7 Å². The van der Waals surface area contributed by atoms with Gasteiger partial charge in [-0.05, 0) is 30.2 Å². The number of benzene rings is 2. The van der Waals surface area contributed by atoms with Crippen LogP contribution >= 0.6 is 12.4 Å². The van der Waals surface area contributed by atoms with Gasteiger partial charge in [0, 0.05) is 12.6 Å². The van der Waals surface area contributed by atoms with E-state index in [1.807, 2.05) is 62.4 Å². The van der Waals surface area contributed by atoms with E-state index in [-0.39, 0.29) is 30.3 Å². The van der Waals surface area contributed by atoms with E-state index in [9.17, 15) is 4.79 Å². The molecule has 0 aliphatic heterocycles. The number of nitrogens with two attached hydrogens (primary N) is 1. The molecular weight excluding hydrogens is 352 g/mol. The molecule has 0 spiro atoms. The third-order valence-electron chi connectivity index (χ3n) is 4.13. The number of nitrogens with one attached hydrogen (secondary N) is 1. The first-order valence-corrected chi connectivity index (χ1v) is 8.44. The molecule has 0 aliphatic rings. The number of rotatable bonds is 8. The summed E-state index contributed by atoms with van der Waals surface area (Å²) in [4.78, 5) is 12.4. The Morgan fingerprint density at radius 3 is 2.46 bits per heavy atom. The number of halogens is 1. The number of methoxy groups -OCH3 is 1. The van der Waals surface area contributed by atoms with Gasteiger partial charge in [0.25, 0.3) is 0 Å². The van der Waals surface area contributed by atoms with Gasteiger partial charge in [0.15, 0.2) is 11.5 Å². The Morgan fingerprint density at radius 2 is 1.85 bits per heavy atom. The summed E-state index contributed by atoms with van der Waals surface area (Å²) in [6.45, 7) is 4.74. The highest BCUT2D eigenvalue weighted by molar-refractivity contribution is 5.85. The molecule has 26 heavy (non-hydrogen) atoms. The second-order valence-electron chi connectivity index (χ2n) is 5.86. The Balaban J connectivity index is 0.00000338. The fourth-order valence-corrected chi connectivity index (χ4v) is 2.57. The molecule has 2 aromatic rings. The normalized spacial score (nSPS) is 12.5. The van der Waals surface area contributed by atoms with E-state index in [1.54, 1.807) is 7.11 Å². The third kappa shape index (κ3) is 5.64. The van der Waals surface area contributed by atoms with Crippen molar-refractivity contribution in [2.45, 2.75) is 26.4 Å². The zero-order chi connectivity index (χ0) is 18.2. The van der Waals surface area contributed by atoms with Crippen LogP contribution in [0.3, 0.4) is 0 Å². The molecule has 0 fully saturated rings. The second-order valence-corrected chi connectivity index (χ2v) is 5.86. The van der Waals surface area contributed by atoms with Crippen molar-refractivity contribution in [3.8, 4) is 11.5 Å². The molecule has 2 atom stereocenters. The van der Waals surface area contributed by atoms with Crippen molar-refractivity contribution in [2.75, 3.05) is 13.7 Å². The molecule has 6 heteroatoms. The molecule has 3 N–H and O–H groups in total. The molecule has 0 saturated heterocycles. The van der Waals surface area contributed by atoms with Gasteiger partial charge in [0.1, 0.15) is 0 Å². The first-order valence-electron chi connectivity index (χ1n) is 8.44. The van der Waals surface area contributed by atoms with Crippen LogP contribution in [0.2, 0.25) is 0 Å². The van der Waals surface area contributed by atoms with E-state index in [0.29, 0.717) is 24.7 Å². The van der Waals surface area contributed by atoms with Gasteiger partial charge in [-0.2, -0.15) is 0 Å². The van der Waals surface area contributed by atoms with Crippen LogP contribution in [0.4, 0.5) is 0 Å². The lowest BCUT2D eigenvalue weighted by Crippen LogP contribution is -2.35. The lowest BCUT2D eigenvalue weighted by molar-refractivity contribution is -0.125. The second kappa shape index (κ2) is 10.7. The standard InChI is InChI=1S/C20H26N2O3.ClH/c1-4-25-17-11-10-15(12-18(17)24-3)13-22-20(23)14(2)19(21)16-8-6-5-7-9-16;/h5-12,14,19H,4,13,21H2,1-3H3,(H,22,23);1H. The highest BCUT2D eigenvalue weighted by atomic mass is 35.5. The summed E-state index contributed by atoms with van der Waals surface area (Å²) >= 11 is 0. The average Bonchev–Trinajstić information content (AvgIpc) is 2.66. The summed E-state index contributed by atoms with van der Waals surface area (Å²) < 4.78 is 10.8. The first kappa shape index (κ1) is 21.8. The van der Waals surface area contributed by atoms with Gasteiger partial charge in [-0.3, -0.25) is 4.79 Å². The molecule has 5 nitrogen and oxygen atoms in total. The Morgan fingerprint density at radius 1 is 1.15 bits per heavy atom. The first-order chi connectivity index (χ1) is 12.1. The van der Waals surface area contributed by atoms with Crippen molar-refractivity contribution < 1.29 is 14.3 Å². The van der Waals surface area contributed by atoms with Gasteiger partial charge in [0.2, 0.25) is 5.91 Å².